The molecule has 14 heavy (non-hydrogen) atoms. The van der Waals surface area contributed by atoms with Gasteiger partial charge in [-0.25, -0.2) is 4.98 Å². The number of rotatable bonds is 2. The van der Waals surface area contributed by atoms with Gasteiger partial charge in [-0.15, -0.1) is 11.3 Å². The van der Waals surface area contributed by atoms with Gasteiger partial charge >= 0.3 is 0 Å². The lowest BCUT2D eigenvalue weighted by Gasteiger charge is -1.93. The van der Waals surface area contributed by atoms with Gasteiger partial charge in [0.15, 0.2) is 5.13 Å². The zero-order valence-electron chi connectivity index (χ0n) is 7.03. The molecule has 2 rings (SSSR count). The van der Waals surface area contributed by atoms with Crippen molar-refractivity contribution >= 4 is 43.7 Å². The maximum atomic E-state index is 9.11. The highest BCUT2D eigenvalue weighted by molar-refractivity contribution is 9.11. The van der Waals surface area contributed by atoms with Gasteiger partial charge in [-0.3, -0.25) is 0 Å². The number of hydrogen-bond acceptors (Lipinski definition) is 5. The van der Waals surface area contributed by atoms with Crippen LogP contribution in [0.4, 0.5) is 5.13 Å². The van der Waals surface area contributed by atoms with E-state index in [2.05, 4.69) is 20.9 Å². The smallest absolute Gasteiger partial charge is 0.180 e. The molecule has 0 bridgehead atoms. The van der Waals surface area contributed by atoms with E-state index in [4.69, 9.17) is 10.8 Å². The first kappa shape index (κ1) is 10.1. The van der Waals surface area contributed by atoms with E-state index in [1.807, 2.05) is 12.1 Å². The minimum atomic E-state index is -0.0142. The number of nitrogen functional groups attached to an aromatic ring is 1. The van der Waals surface area contributed by atoms with Gasteiger partial charge in [0.25, 0.3) is 0 Å². The number of aromatic nitrogens is 1. The standard InChI is InChI=1S/C8H7BrN2OS2/c9-6-2-1-4(13-6)7-5(3-12)14-8(10)11-7/h1-2,12H,3H2,(H2,10,11). The number of nitrogens with two attached hydrogens (primary N) is 1. The topological polar surface area (TPSA) is 59.1 Å². The fraction of sp³-hybridized carbons (Fsp3) is 0.125. The number of aliphatic hydroxyl groups excluding tert-OH is 1. The average molecular weight is 291 g/mol. The van der Waals surface area contributed by atoms with E-state index in [0.717, 1.165) is 19.2 Å². The highest BCUT2D eigenvalue weighted by Crippen LogP contribution is 2.35. The monoisotopic (exact) mass is 290 g/mol. The van der Waals surface area contributed by atoms with Crippen molar-refractivity contribution in [2.45, 2.75) is 6.61 Å². The molecule has 0 fully saturated rings. The lowest BCUT2D eigenvalue weighted by molar-refractivity contribution is 0.286. The van der Waals surface area contributed by atoms with Gasteiger partial charge in [-0.2, -0.15) is 0 Å². The van der Waals surface area contributed by atoms with Crippen LogP contribution in [-0.4, -0.2) is 10.1 Å². The van der Waals surface area contributed by atoms with Gasteiger partial charge < -0.3 is 10.8 Å². The molecule has 0 aromatic carbocycles. The maximum Gasteiger partial charge on any atom is 0.180 e. The van der Waals surface area contributed by atoms with Crippen molar-refractivity contribution in [3.05, 3.63) is 20.8 Å². The van der Waals surface area contributed by atoms with E-state index in [9.17, 15) is 0 Å². The van der Waals surface area contributed by atoms with Crippen molar-refractivity contribution in [1.29, 1.82) is 0 Å². The SMILES string of the molecule is Nc1nc(-c2ccc(Br)s2)c(CO)s1. The van der Waals surface area contributed by atoms with E-state index in [1.54, 1.807) is 11.3 Å². The van der Waals surface area contributed by atoms with Crippen LogP contribution in [0, 0.1) is 0 Å². The van der Waals surface area contributed by atoms with E-state index in [1.165, 1.54) is 11.3 Å². The van der Waals surface area contributed by atoms with Crippen LogP contribution >= 0.6 is 38.6 Å². The van der Waals surface area contributed by atoms with E-state index < -0.39 is 0 Å². The van der Waals surface area contributed by atoms with Crippen molar-refractivity contribution in [3.8, 4) is 10.6 Å². The summed E-state index contributed by atoms with van der Waals surface area (Å²) >= 11 is 6.29. The summed E-state index contributed by atoms with van der Waals surface area (Å²) in [6.45, 7) is -0.0142. The molecule has 2 aromatic rings. The molecule has 0 aliphatic carbocycles. The molecule has 0 atom stereocenters. The predicted octanol–water partition coefficient (Wildman–Crippen LogP) is 2.71. The van der Waals surface area contributed by atoms with Crippen LogP contribution in [0.5, 0.6) is 0 Å². The summed E-state index contributed by atoms with van der Waals surface area (Å²) in [7, 11) is 0. The molecule has 0 spiro atoms. The molecular weight excluding hydrogens is 284 g/mol. The van der Waals surface area contributed by atoms with Crippen LogP contribution in [0.15, 0.2) is 15.9 Å². The Morgan fingerprint density at radius 2 is 2.21 bits per heavy atom. The summed E-state index contributed by atoms with van der Waals surface area (Å²) in [5, 5.41) is 9.60. The minimum Gasteiger partial charge on any atom is -0.391 e. The first-order valence-corrected chi connectivity index (χ1v) is 6.25. The molecule has 3 nitrogen and oxygen atoms in total. The van der Waals surface area contributed by atoms with Crippen molar-refractivity contribution in [1.82, 2.24) is 4.98 Å². The first-order chi connectivity index (χ1) is 6.70. The lowest BCUT2D eigenvalue weighted by atomic mass is 10.3. The zero-order chi connectivity index (χ0) is 10.1. The summed E-state index contributed by atoms with van der Waals surface area (Å²) in [6, 6.07) is 3.92. The lowest BCUT2D eigenvalue weighted by Crippen LogP contribution is -1.83. The van der Waals surface area contributed by atoms with Gasteiger partial charge in [-0.05, 0) is 28.1 Å². The number of halogens is 1. The maximum absolute atomic E-state index is 9.11. The molecule has 3 N–H and O–H groups in total. The van der Waals surface area contributed by atoms with E-state index in [0.29, 0.717) is 5.13 Å². The van der Waals surface area contributed by atoms with Gasteiger partial charge in [-0.1, -0.05) is 11.3 Å². The third kappa shape index (κ3) is 1.83. The molecule has 0 saturated carbocycles. The molecular formula is C8H7BrN2OS2. The fourth-order valence-corrected chi connectivity index (χ4v) is 3.29. The second kappa shape index (κ2) is 3.98. The third-order valence-electron chi connectivity index (χ3n) is 1.66. The summed E-state index contributed by atoms with van der Waals surface area (Å²) < 4.78 is 1.04. The second-order valence-electron chi connectivity index (χ2n) is 2.59. The largest absolute Gasteiger partial charge is 0.391 e. The molecule has 0 radical (unpaired) electrons. The molecule has 2 aromatic heterocycles. The predicted molar refractivity (Wildman–Crippen MR) is 63.5 cm³/mol. The Kier molecular flexibility index (Phi) is 2.87. The third-order valence-corrected chi connectivity index (χ3v) is 4.16. The molecule has 2 heterocycles. The second-order valence-corrected chi connectivity index (χ2v) is 6.16. The molecule has 0 amide bonds. The minimum absolute atomic E-state index is 0.0142. The first-order valence-electron chi connectivity index (χ1n) is 3.82. The number of thiazole rings is 1. The van der Waals surface area contributed by atoms with Crippen molar-refractivity contribution in [2.24, 2.45) is 0 Å². The number of nitrogens with zero attached hydrogens (tertiary/aromatic N) is 1. The Morgan fingerprint density at radius 1 is 1.43 bits per heavy atom. The average Bonchev–Trinajstić information content (AvgIpc) is 2.71. The van der Waals surface area contributed by atoms with Gasteiger partial charge in [0.2, 0.25) is 0 Å². The summed E-state index contributed by atoms with van der Waals surface area (Å²) in [6.07, 6.45) is 0. The molecule has 0 aliphatic heterocycles. The number of hydrogen-bond donors (Lipinski definition) is 2. The van der Waals surface area contributed by atoms with Crippen LogP contribution in [0.2, 0.25) is 0 Å². The van der Waals surface area contributed by atoms with Crippen LogP contribution in [0.1, 0.15) is 4.88 Å². The molecule has 0 aliphatic rings. The Bertz CT molecular complexity index is 452. The molecule has 0 unspecified atom stereocenters. The Hall–Kier alpha value is -0.430. The van der Waals surface area contributed by atoms with E-state index >= 15 is 0 Å². The number of aliphatic hydroxyl groups is 1. The highest BCUT2D eigenvalue weighted by atomic mass is 79.9. The van der Waals surface area contributed by atoms with Gasteiger partial charge in [0.05, 0.1) is 25.8 Å². The van der Waals surface area contributed by atoms with Crippen molar-refractivity contribution < 1.29 is 5.11 Å². The van der Waals surface area contributed by atoms with E-state index in [-0.39, 0.29) is 6.61 Å². The van der Waals surface area contributed by atoms with Crippen LogP contribution in [0.25, 0.3) is 10.6 Å². The molecule has 6 heteroatoms. The highest BCUT2D eigenvalue weighted by Gasteiger charge is 2.12. The molecule has 74 valence electrons. The Balaban J connectivity index is 2.49. The Morgan fingerprint density at radius 3 is 2.79 bits per heavy atom. The molecule has 0 saturated heterocycles. The quantitative estimate of drug-likeness (QED) is 0.894. The summed E-state index contributed by atoms with van der Waals surface area (Å²) in [5.74, 6) is 0. The van der Waals surface area contributed by atoms with Crippen LogP contribution < -0.4 is 5.73 Å². The number of thiophene rings is 1. The van der Waals surface area contributed by atoms with Crippen LogP contribution in [0.3, 0.4) is 0 Å². The Labute approximate surface area is 97.4 Å². The normalized spacial score (nSPS) is 10.7. The zero-order valence-corrected chi connectivity index (χ0v) is 10.2. The number of anilines is 1. The fourth-order valence-electron chi connectivity index (χ4n) is 1.11. The van der Waals surface area contributed by atoms with Crippen molar-refractivity contribution in [3.63, 3.8) is 0 Å². The van der Waals surface area contributed by atoms with Crippen LogP contribution in [-0.2, 0) is 6.61 Å². The summed E-state index contributed by atoms with van der Waals surface area (Å²) in [4.78, 5) is 6.03. The van der Waals surface area contributed by atoms with Gasteiger partial charge in [0, 0.05) is 0 Å². The summed E-state index contributed by atoms with van der Waals surface area (Å²) in [5.41, 5.74) is 6.39. The van der Waals surface area contributed by atoms with Gasteiger partial charge in [0.1, 0.15) is 0 Å². The van der Waals surface area contributed by atoms with Crippen molar-refractivity contribution in [2.75, 3.05) is 5.73 Å².